The summed E-state index contributed by atoms with van der Waals surface area (Å²) >= 11 is 0. The summed E-state index contributed by atoms with van der Waals surface area (Å²) in [6, 6.07) is 13.4. The molecule has 0 radical (unpaired) electrons. The van der Waals surface area contributed by atoms with Crippen LogP contribution in [0, 0.1) is 12.8 Å². The molecule has 4 rings (SSSR count). The predicted octanol–water partition coefficient (Wildman–Crippen LogP) is 4.13. The van der Waals surface area contributed by atoms with Gasteiger partial charge in [0.25, 0.3) is 5.88 Å². The van der Waals surface area contributed by atoms with Crippen LogP contribution in [0.5, 0.6) is 23.1 Å². The van der Waals surface area contributed by atoms with Gasteiger partial charge in [0.15, 0.2) is 5.82 Å². The first-order chi connectivity index (χ1) is 16.6. The molecular weight excluding hydrogens is 432 g/mol. The van der Waals surface area contributed by atoms with E-state index in [4.69, 9.17) is 14.2 Å². The topological polar surface area (TPSA) is 85.8 Å². The number of hydrogen-bond donors (Lipinski definition) is 1. The maximum absolute atomic E-state index is 12.8. The number of amides is 1. The van der Waals surface area contributed by atoms with E-state index < -0.39 is 0 Å². The lowest BCUT2D eigenvalue weighted by Crippen LogP contribution is -2.40. The molecule has 1 aliphatic heterocycles. The van der Waals surface area contributed by atoms with E-state index in [0.29, 0.717) is 42.8 Å². The highest BCUT2D eigenvalue weighted by Gasteiger charge is 2.27. The minimum absolute atomic E-state index is 0.0491. The lowest BCUT2D eigenvalue weighted by atomic mass is 9.96. The molecule has 1 aliphatic rings. The van der Waals surface area contributed by atoms with Gasteiger partial charge in [-0.2, -0.15) is 0 Å². The number of benzene rings is 2. The largest absolute Gasteiger partial charge is 0.497 e. The van der Waals surface area contributed by atoms with Crippen LogP contribution in [0.25, 0.3) is 0 Å². The number of ether oxygens (including phenoxy) is 3. The number of nitrogens with zero attached hydrogens (tertiary/aromatic N) is 3. The van der Waals surface area contributed by atoms with Crippen molar-refractivity contribution in [3.05, 3.63) is 66.0 Å². The van der Waals surface area contributed by atoms with Gasteiger partial charge < -0.3 is 24.4 Å². The second kappa shape index (κ2) is 10.9. The molecule has 0 unspecified atom stereocenters. The zero-order chi connectivity index (χ0) is 23.9. The monoisotopic (exact) mass is 462 g/mol. The summed E-state index contributed by atoms with van der Waals surface area (Å²) in [5, 5.41) is 3.05. The summed E-state index contributed by atoms with van der Waals surface area (Å²) in [6.07, 6.45) is 4.75. The standard InChI is InChI=1S/C26H30N4O4/c1-18-6-4-5-7-22(18)34-26-24(27-12-13-28-26)30-14-10-19(11-15-30)25(31)29-17-20-8-9-21(32-2)16-23(20)33-3/h4-9,12-13,16,19H,10-11,14-15,17H2,1-3H3,(H,29,31). The number of carbonyl (C=O) groups excluding carboxylic acids is 1. The van der Waals surface area contributed by atoms with Gasteiger partial charge in [-0.25, -0.2) is 9.97 Å². The Balaban J connectivity index is 1.35. The molecule has 0 atom stereocenters. The van der Waals surface area contributed by atoms with Gasteiger partial charge >= 0.3 is 0 Å². The molecule has 8 heteroatoms. The molecular formula is C26H30N4O4. The van der Waals surface area contributed by atoms with Crippen molar-refractivity contribution < 1.29 is 19.0 Å². The van der Waals surface area contributed by atoms with Crippen LogP contribution >= 0.6 is 0 Å². The van der Waals surface area contributed by atoms with Crippen molar-refractivity contribution in [3.63, 3.8) is 0 Å². The van der Waals surface area contributed by atoms with Crippen molar-refractivity contribution in [3.8, 4) is 23.1 Å². The van der Waals surface area contributed by atoms with Crippen molar-refractivity contribution in [2.75, 3.05) is 32.2 Å². The second-order valence-electron chi connectivity index (χ2n) is 8.21. The maximum Gasteiger partial charge on any atom is 0.263 e. The summed E-state index contributed by atoms with van der Waals surface area (Å²) in [6.45, 7) is 3.81. The molecule has 1 N–H and O–H groups in total. The van der Waals surface area contributed by atoms with Crippen molar-refractivity contribution in [1.29, 1.82) is 0 Å². The zero-order valence-electron chi connectivity index (χ0n) is 19.8. The Kier molecular flexibility index (Phi) is 7.47. The Labute approximate surface area is 199 Å². The highest BCUT2D eigenvalue weighted by molar-refractivity contribution is 5.79. The van der Waals surface area contributed by atoms with Crippen LogP contribution in [-0.4, -0.2) is 43.2 Å². The van der Waals surface area contributed by atoms with Crippen LogP contribution < -0.4 is 24.4 Å². The third kappa shape index (κ3) is 5.39. The number of methoxy groups -OCH3 is 2. The van der Waals surface area contributed by atoms with E-state index in [1.807, 2.05) is 49.4 Å². The smallest absolute Gasteiger partial charge is 0.263 e. The van der Waals surface area contributed by atoms with E-state index in [9.17, 15) is 4.79 Å². The fraction of sp³-hybridized carbons (Fsp3) is 0.346. The van der Waals surface area contributed by atoms with Crippen LogP contribution in [-0.2, 0) is 11.3 Å². The summed E-state index contributed by atoms with van der Waals surface area (Å²) in [5.41, 5.74) is 1.94. The SMILES string of the molecule is COc1ccc(CNC(=O)C2CCN(c3nccnc3Oc3ccccc3C)CC2)c(OC)c1. The Bertz CT molecular complexity index is 1130. The quantitative estimate of drug-likeness (QED) is 0.539. The second-order valence-corrected chi connectivity index (χ2v) is 8.21. The van der Waals surface area contributed by atoms with Crippen LogP contribution in [0.3, 0.4) is 0 Å². The summed E-state index contributed by atoms with van der Waals surface area (Å²) in [4.78, 5) is 23.9. The molecule has 1 saturated heterocycles. The lowest BCUT2D eigenvalue weighted by Gasteiger charge is -2.32. The van der Waals surface area contributed by atoms with Crippen molar-refractivity contribution >= 4 is 11.7 Å². The van der Waals surface area contributed by atoms with Crippen LogP contribution in [0.2, 0.25) is 0 Å². The number of para-hydroxylation sites is 1. The molecule has 0 aliphatic carbocycles. The number of piperidine rings is 1. The summed E-state index contributed by atoms with van der Waals surface area (Å²) in [7, 11) is 3.22. The maximum atomic E-state index is 12.8. The molecule has 1 aromatic heterocycles. The average Bonchev–Trinajstić information content (AvgIpc) is 2.89. The molecule has 1 fully saturated rings. The third-order valence-electron chi connectivity index (χ3n) is 6.06. The third-order valence-corrected chi connectivity index (χ3v) is 6.06. The molecule has 178 valence electrons. The highest BCUT2D eigenvalue weighted by atomic mass is 16.5. The van der Waals surface area contributed by atoms with Gasteiger partial charge in [-0.15, -0.1) is 0 Å². The van der Waals surface area contributed by atoms with Gasteiger partial charge in [-0.1, -0.05) is 18.2 Å². The molecule has 0 saturated carbocycles. The van der Waals surface area contributed by atoms with E-state index in [2.05, 4.69) is 20.2 Å². The molecule has 1 amide bonds. The number of aryl methyl sites for hydroxylation is 1. The van der Waals surface area contributed by atoms with Crippen molar-refractivity contribution in [1.82, 2.24) is 15.3 Å². The van der Waals surface area contributed by atoms with Gasteiger partial charge in [0.2, 0.25) is 5.91 Å². The number of nitrogens with one attached hydrogen (secondary N) is 1. The number of anilines is 1. The van der Waals surface area contributed by atoms with E-state index in [1.165, 1.54) is 0 Å². The summed E-state index contributed by atoms with van der Waals surface area (Å²) in [5.74, 6) is 3.34. The fourth-order valence-corrected chi connectivity index (χ4v) is 4.06. The number of hydrogen-bond acceptors (Lipinski definition) is 7. The Morgan fingerprint density at radius 1 is 1.03 bits per heavy atom. The van der Waals surface area contributed by atoms with Gasteiger partial charge in [0.05, 0.1) is 14.2 Å². The minimum atomic E-state index is -0.0575. The molecule has 0 spiro atoms. The molecule has 8 nitrogen and oxygen atoms in total. The minimum Gasteiger partial charge on any atom is -0.497 e. The lowest BCUT2D eigenvalue weighted by molar-refractivity contribution is -0.125. The average molecular weight is 463 g/mol. The Hall–Kier alpha value is -3.81. The van der Waals surface area contributed by atoms with Crippen molar-refractivity contribution in [2.24, 2.45) is 5.92 Å². The zero-order valence-corrected chi connectivity index (χ0v) is 19.8. The number of carbonyl (C=O) groups is 1. The first-order valence-electron chi connectivity index (χ1n) is 11.4. The van der Waals surface area contributed by atoms with Crippen LogP contribution in [0.15, 0.2) is 54.9 Å². The van der Waals surface area contributed by atoms with Gasteiger partial charge in [-0.3, -0.25) is 4.79 Å². The first kappa shape index (κ1) is 23.4. The Morgan fingerprint density at radius 2 is 1.79 bits per heavy atom. The number of rotatable bonds is 8. The van der Waals surface area contributed by atoms with Gasteiger partial charge in [0.1, 0.15) is 17.2 Å². The molecule has 3 aromatic rings. The number of aromatic nitrogens is 2. The van der Waals surface area contributed by atoms with Gasteiger partial charge in [-0.05, 0) is 43.5 Å². The normalized spacial score (nSPS) is 13.9. The molecule has 34 heavy (non-hydrogen) atoms. The molecule has 2 aromatic carbocycles. The molecule has 2 heterocycles. The fourth-order valence-electron chi connectivity index (χ4n) is 4.06. The summed E-state index contributed by atoms with van der Waals surface area (Å²) < 4.78 is 16.7. The Morgan fingerprint density at radius 3 is 2.53 bits per heavy atom. The van der Waals surface area contributed by atoms with E-state index in [1.54, 1.807) is 26.6 Å². The first-order valence-corrected chi connectivity index (χ1v) is 11.4. The van der Waals surface area contributed by atoms with E-state index >= 15 is 0 Å². The van der Waals surface area contributed by atoms with Crippen LogP contribution in [0.1, 0.15) is 24.0 Å². The predicted molar refractivity (Wildman–Crippen MR) is 130 cm³/mol. The van der Waals surface area contributed by atoms with Gasteiger partial charge in [0, 0.05) is 49.6 Å². The van der Waals surface area contributed by atoms with E-state index in [-0.39, 0.29) is 11.8 Å². The van der Waals surface area contributed by atoms with Crippen LogP contribution in [0.4, 0.5) is 5.82 Å². The highest BCUT2D eigenvalue weighted by Crippen LogP contribution is 2.32. The van der Waals surface area contributed by atoms with E-state index in [0.717, 1.165) is 29.7 Å². The van der Waals surface area contributed by atoms with Crippen molar-refractivity contribution in [2.45, 2.75) is 26.3 Å². The molecule has 0 bridgehead atoms.